The van der Waals surface area contributed by atoms with Crippen molar-refractivity contribution >= 4 is 17.6 Å². The van der Waals surface area contributed by atoms with Gasteiger partial charge in [-0.15, -0.1) is 0 Å². The fourth-order valence-corrected chi connectivity index (χ4v) is 6.44. The summed E-state index contributed by atoms with van der Waals surface area (Å²) in [6.45, 7) is 16.0. The standard InChI is InChI=1S/C31H41F3N2O.C8H14O2/c1-7-22(20-25(32)8-2)28(29(37)35-26-16-18-31(33,34)19-17-26)36(21(3)23-10-9-11-23)27-14-12-24(13-15-27)30(4,5)6;1-3-6-4-5-7(6)8(9)10-2/h7-8,12-15,20,26,28H,1,9-11,16-19H2,2-6H3,(H,35,37);6-7H,3-5H2,1-2H3/b22-20+,25-8+;. The summed E-state index contributed by atoms with van der Waals surface area (Å²) >= 11 is 0. The Morgan fingerprint density at radius 2 is 1.72 bits per heavy atom. The van der Waals surface area contributed by atoms with Crippen LogP contribution in [0.25, 0.3) is 0 Å². The Balaban J connectivity index is 0.000000511. The lowest BCUT2D eigenvalue weighted by molar-refractivity contribution is -0.151. The summed E-state index contributed by atoms with van der Waals surface area (Å²) in [4.78, 5) is 26.8. The van der Waals surface area contributed by atoms with Crippen molar-refractivity contribution in [1.82, 2.24) is 5.32 Å². The van der Waals surface area contributed by atoms with Crippen LogP contribution in [0.3, 0.4) is 0 Å². The molecule has 3 aliphatic rings. The van der Waals surface area contributed by atoms with E-state index >= 15 is 0 Å². The average Bonchev–Trinajstić information content (AvgIpc) is 2.98. The zero-order valence-corrected chi connectivity index (χ0v) is 29.4. The molecule has 0 spiro atoms. The number of anilines is 1. The summed E-state index contributed by atoms with van der Waals surface area (Å²) in [7, 11) is 1.47. The van der Waals surface area contributed by atoms with Crippen LogP contribution >= 0.6 is 0 Å². The van der Waals surface area contributed by atoms with Crippen molar-refractivity contribution < 1.29 is 27.5 Å². The van der Waals surface area contributed by atoms with Gasteiger partial charge in [0.25, 0.3) is 0 Å². The van der Waals surface area contributed by atoms with E-state index in [9.17, 15) is 22.8 Å². The van der Waals surface area contributed by atoms with Crippen LogP contribution in [0.15, 0.2) is 71.7 Å². The predicted octanol–water partition coefficient (Wildman–Crippen LogP) is 9.89. The van der Waals surface area contributed by atoms with Crippen LogP contribution < -0.4 is 10.2 Å². The molecule has 3 saturated carbocycles. The second kappa shape index (κ2) is 16.7. The van der Waals surface area contributed by atoms with Gasteiger partial charge >= 0.3 is 5.97 Å². The first-order chi connectivity index (χ1) is 22.1. The number of alkyl halides is 2. The Hall–Kier alpha value is -3.29. The molecule has 5 nitrogen and oxygen atoms in total. The van der Waals surface area contributed by atoms with E-state index in [2.05, 4.69) is 56.5 Å². The summed E-state index contributed by atoms with van der Waals surface area (Å²) in [5.41, 5.74) is 4.56. The summed E-state index contributed by atoms with van der Waals surface area (Å²) in [5.74, 6) is -2.69. The van der Waals surface area contributed by atoms with E-state index in [1.54, 1.807) is 6.92 Å². The Morgan fingerprint density at radius 3 is 2.15 bits per heavy atom. The van der Waals surface area contributed by atoms with Crippen molar-refractivity contribution in [2.24, 2.45) is 11.8 Å². The fraction of sp³-hybridized carbons (Fsp3) is 0.590. The molecular weight excluding hydrogens is 601 g/mol. The molecule has 0 heterocycles. The number of carbonyl (C=O) groups is 2. The van der Waals surface area contributed by atoms with Gasteiger partial charge in [-0.3, -0.25) is 9.59 Å². The van der Waals surface area contributed by atoms with Gasteiger partial charge in [0.1, 0.15) is 11.9 Å². The lowest BCUT2D eigenvalue weighted by atomic mass is 9.72. The first kappa shape index (κ1) is 38.2. The third-order valence-electron chi connectivity index (χ3n) is 9.99. The zero-order chi connectivity index (χ0) is 34.9. The number of carbonyl (C=O) groups excluding carboxylic acids is 2. The summed E-state index contributed by atoms with van der Waals surface area (Å²) in [6, 6.07) is 6.86. The van der Waals surface area contributed by atoms with E-state index < -0.39 is 17.8 Å². The first-order valence-corrected chi connectivity index (χ1v) is 17.2. The van der Waals surface area contributed by atoms with Crippen molar-refractivity contribution in [2.45, 2.75) is 129 Å². The molecule has 0 aromatic heterocycles. The molecule has 3 atom stereocenters. The molecule has 260 valence electrons. The molecule has 0 aliphatic heterocycles. The summed E-state index contributed by atoms with van der Waals surface area (Å²) in [6.07, 6.45) is 10.4. The number of amides is 1. The van der Waals surface area contributed by atoms with Gasteiger partial charge in [0.15, 0.2) is 0 Å². The second-order valence-electron chi connectivity index (χ2n) is 14.1. The van der Waals surface area contributed by atoms with Gasteiger partial charge in [-0.05, 0) is 99.5 Å². The van der Waals surface area contributed by atoms with E-state index in [4.69, 9.17) is 0 Å². The molecule has 3 aliphatic carbocycles. The van der Waals surface area contributed by atoms with Crippen LogP contribution in [0.5, 0.6) is 0 Å². The van der Waals surface area contributed by atoms with Gasteiger partial charge in [-0.1, -0.05) is 70.6 Å². The third-order valence-corrected chi connectivity index (χ3v) is 9.99. The Kier molecular flexibility index (Phi) is 13.6. The number of esters is 1. The van der Waals surface area contributed by atoms with Crippen molar-refractivity contribution in [2.75, 3.05) is 12.0 Å². The van der Waals surface area contributed by atoms with Crippen LogP contribution in [0.4, 0.5) is 18.9 Å². The van der Waals surface area contributed by atoms with Gasteiger partial charge in [0.05, 0.1) is 13.0 Å². The number of halogens is 3. The molecular formula is C39H55F3N2O3. The maximum Gasteiger partial charge on any atom is 0.308 e. The normalized spacial score (nSPS) is 22.0. The number of rotatable bonds is 10. The SMILES string of the molecule is C=C/C(=C\C(F)=C/C)C(C(=O)NC1CCC(F)(F)CC1)N(C(C)=C1CCC1)c1ccc(C(C)(C)C)cc1.CCC1CCC1C(=O)OC. The van der Waals surface area contributed by atoms with E-state index in [1.165, 1.54) is 37.3 Å². The van der Waals surface area contributed by atoms with Crippen molar-refractivity contribution in [3.63, 3.8) is 0 Å². The third kappa shape index (κ3) is 10.1. The van der Waals surface area contributed by atoms with Crippen LogP contribution in [0.1, 0.15) is 111 Å². The maximum absolute atomic E-state index is 14.5. The number of nitrogens with zero attached hydrogens (tertiary/aromatic N) is 1. The molecule has 1 aromatic carbocycles. The van der Waals surface area contributed by atoms with E-state index in [0.29, 0.717) is 11.5 Å². The fourth-order valence-electron chi connectivity index (χ4n) is 6.44. The summed E-state index contributed by atoms with van der Waals surface area (Å²) in [5, 5.41) is 3.01. The Labute approximate surface area is 280 Å². The van der Waals surface area contributed by atoms with Gasteiger partial charge in [0, 0.05) is 30.3 Å². The van der Waals surface area contributed by atoms with Crippen molar-refractivity contribution in [3.05, 3.63) is 77.3 Å². The van der Waals surface area contributed by atoms with Gasteiger partial charge in [-0.25, -0.2) is 13.2 Å². The monoisotopic (exact) mass is 656 g/mol. The van der Waals surface area contributed by atoms with Gasteiger partial charge in [-0.2, -0.15) is 0 Å². The smallest absolute Gasteiger partial charge is 0.308 e. The van der Waals surface area contributed by atoms with Crippen molar-refractivity contribution in [3.8, 4) is 0 Å². The topological polar surface area (TPSA) is 58.6 Å². The molecule has 0 radical (unpaired) electrons. The molecule has 1 amide bonds. The van der Waals surface area contributed by atoms with Gasteiger partial charge in [0.2, 0.25) is 11.8 Å². The number of hydrogen-bond donors (Lipinski definition) is 1. The maximum atomic E-state index is 14.5. The molecule has 47 heavy (non-hydrogen) atoms. The number of allylic oxidation sites excluding steroid dienone is 5. The molecule has 0 bridgehead atoms. The highest BCUT2D eigenvalue weighted by Gasteiger charge is 2.38. The largest absolute Gasteiger partial charge is 0.469 e. The van der Waals surface area contributed by atoms with Crippen LogP contribution in [-0.2, 0) is 19.7 Å². The average molecular weight is 657 g/mol. The molecule has 3 fully saturated rings. The molecule has 4 rings (SSSR count). The van der Waals surface area contributed by atoms with E-state index in [0.717, 1.165) is 49.1 Å². The van der Waals surface area contributed by atoms with Crippen molar-refractivity contribution in [1.29, 1.82) is 0 Å². The zero-order valence-electron chi connectivity index (χ0n) is 29.4. The minimum atomic E-state index is -2.69. The minimum absolute atomic E-state index is 0.0156. The number of benzene rings is 1. The summed E-state index contributed by atoms with van der Waals surface area (Å²) < 4.78 is 46.7. The highest BCUT2D eigenvalue weighted by atomic mass is 19.3. The minimum Gasteiger partial charge on any atom is -0.469 e. The number of methoxy groups -OCH3 is 1. The molecule has 8 heteroatoms. The van der Waals surface area contributed by atoms with E-state index in [-0.39, 0.29) is 54.9 Å². The predicted molar refractivity (Wildman–Crippen MR) is 185 cm³/mol. The Bertz CT molecular complexity index is 1320. The van der Waals surface area contributed by atoms with E-state index in [1.807, 2.05) is 24.0 Å². The Morgan fingerprint density at radius 1 is 1.11 bits per heavy atom. The second-order valence-corrected chi connectivity index (χ2v) is 14.1. The quantitative estimate of drug-likeness (QED) is 0.201. The highest BCUT2D eigenvalue weighted by molar-refractivity contribution is 5.91. The lowest BCUT2D eigenvalue weighted by Gasteiger charge is -2.39. The molecule has 0 saturated heterocycles. The van der Waals surface area contributed by atoms with Crippen LogP contribution in [0.2, 0.25) is 0 Å². The van der Waals surface area contributed by atoms with Crippen LogP contribution in [0, 0.1) is 11.8 Å². The highest BCUT2D eigenvalue weighted by Crippen LogP contribution is 2.38. The van der Waals surface area contributed by atoms with Gasteiger partial charge < -0.3 is 15.0 Å². The number of nitrogens with one attached hydrogen (secondary N) is 1. The molecule has 1 N–H and O–H groups in total. The van der Waals surface area contributed by atoms with Crippen LogP contribution in [-0.4, -0.2) is 37.0 Å². The number of hydrogen-bond acceptors (Lipinski definition) is 4. The number of ether oxygens (including phenoxy) is 1. The molecule has 3 unspecified atom stereocenters. The lowest BCUT2D eigenvalue weighted by Crippen LogP contribution is -2.51. The first-order valence-electron chi connectivity index (χ1n) is 17.2. The molecule has 1 aromatic rings.